The molecule has 0 atom stereocenters. The smallest absolute Gasteiger partial charge is 0.244 e. The first-order valence-electron chi connectivity index (χ1n) is 7.91. The number of hydrogen-bond acceptors (Lipinski definition) is 3. The third kappa shape index (κ3) is 5.60. The number of carbonyl (C=O) groups excluding carboxylic acids is 2. The quantitative estimate of drug-likeness (QED) is 0.768. The minimum absolute atomic E-state index is 0.00604. The highest BCUT2D eigenvalue weighted by molar-refractivity contribution is 9.10. The van der Waals surface area contributed by atoms with Gasteiger partial charge in [0.05, 0.1) is 19.3 Å². The number of benzene rings is 2. The average Bonchev–Trinajstić information content (AvgIpc) is 2.61. The molecule has 0 heterocycles. The van der Waals surface area contributed by atoms with Crippen LogP contribution in [0.25, 0.3) is 0 Å². The Kier molecular flexibility index (Phi) is 7.01. The molecule has 0 spiro atoms. The van der Waals surface area contributed by atoms with E-state index < -0.39 is 0 Å². The molecule has 0 fully saturated rings. The molecule has 1 N–H and O–H groups in total. The maximum absolute atomic E-state index is 12.3. The summed E-state index contributed by atoms with van der Waals surface area (Å²) >= 11 is 3.38. The van der Waals surface area contributed by atoms with Crippen molar-refractivity contribution in [3.8, 4) is 5.75 Å². The molecule has 0 saturated heterocycles. The van der Waals surface area contributed by atoms with Gasteiger partial charge < -0.3 is 15.0 Å². The fourth-order valence-electron chi connectivity index (χ4n) is 2.40. The molecule has 0 unspecified atom stereocenters. The number of rotatable bonds is 7. The van der Waals surface area contributed by atoms with Crippen LogP contribution in [-0.2, 0) is 16.0 Å². The fourth-order valence-corrected chi connectivity index (χ4v) is 2.78. The molecule has 132 valence electrons. The van der Waals surface area contributed by atoms with Gasteiger partial charge in [0, 0.05) is 17.9 Å². The van der Waals surface area contributed by atoms with Gasteiger partial charge in [0.2, 0.25) is 11.8 Å². The van der Waals surface area contributed by atoms with Gasteiger partial charge in [-0.2, -0.15) is 0 Å². The number of aryl methyl sites for hydroxylation is 1. The number of carbonyl (C=O) groups is 2. The molecule has 0 aliphatic carbocycles. The van der Waals surface area contributed by atoms with Gasteiger partial charge in [0.15, 0.2) is 0 Å². The van der Waals surface area contributed by atoms with E-state index in [1.807, 2.05) is 42.5 Å². The Hall–Kier alpha value is -2.34. The third-order valence-corrected chi connectivity index (χ3v) is 4.45. The van der Waals surface area contributed by atoms with Gasteiger partial charge in [0.25, 0.3) is 0 Å². The monoisotopic (exact) mass is 404 g/mol. The highest BCUT2D eigenvalue weighted by Crippen LogP contribution is 2.21. The van der Waals surface area contributed by atoms with Gasteiger partial charge in [-0.1, -0.05) is 30.3 Å². The second-order valence-corrected chi connectivity index (χ2v) is 6.44. The molecule has 25 heavy (non-hydrogen) atoms. The number of hydrogen-bond donors (Lipinski definition) is 1. The van der Waals surface area contributed by atoms with Crippen molar-refractivity contribution in [3.05, 3.63) is 58.6 Å². The predicted octanol–water partition coefficient (Wildman–Crippen LogP) is 3.49. The summed E-state index contributed by atoms with van der Waals surface area (Å²) < 4.78 is 6.09. The molecule has 2 aromatic carbocycles. The fraction of sp³-hybridized carbons (Fsp3) is 0.263. The van der Waals surface area contributed by atoms with E-state index in [0.29, 0.717) is 18.5 Å². The van der Waals surface area contributed by atoms with Crippen molar-refractivity contribution in [2.75, 3.05) is 26.0 Å². The van der Waals surface area contributed by atoms with E-state index in [9.17, 15) is 9.59 Å². The molecular formula is C19H21BrN2O3. The summed E-state index contributed by atoms with van der Waals surface area (Å²) in [6.45, 7) is 0.00604. The third-order valence-electron chi connectivity index (χ3n) is 3.76. The highest BCUT2D eigenvalue weighted by Gasteiger charge is 2.14. The van der Waals surface area contributed by atoms with Crippen LogP contribution in [0.5, 0.6) is 5.75 Å². The van der Waals surface area contributed by atoms with Gasteiger partial charge >= 0.3 is 0 Å². The summed E-state index contributed by atoms with van der Waals surface area (Å²) in [5.74, 6) is 0.442. The molecule has 0 radical (unpaired) electrons. The zero-order chi connectivity index (χ0) is 18.2. The molecule has 2 aromatic rings. The van der Waals surface area contributed by atoms with Gasteiger partial charge in [0.1, 0.15) is 5.75 Å². The molecule has 6 heteroatoms. The van der Waals surface area contributed by atoms with Crippen LogP contribution in [0.2, 0.25) is 0 Å². The summed E-state index contributed by atoms with van der Waals surface area (Å²) in [6.07, 6.45) is 0.887. The topological polar surface area (TPSA) is 58.6 Å². The Bertz CT molecular complexity index is 749. The molecule has 0 aliphatic heterocycles. The number of methoxy groups -OCH3 is 1. The first kappa shape index (κ1) is 19.0. The summed E-state index contributed by atoms with van der Waals surface area (Å²) in [4.78, 5) is 25.8. The van der Waals surface area contributed by atoms with Crippen molar-refractivity contribution < 1.29 is 14.3 Å². The zero-order valence-corrected chi connectivity index (χ0v) is 15.9. The SMILES string of the molecule is COc1ccccc1CCC(=O)N(C)CC(=O)Nc1ccccc1Br. The Morgan fingerprint density at radius 3 is 2.52 bits per heavy atom. The van der Waals surface area contributed by atoms with Crippen molar-refractivity contribution in [1.29, 1.82) is 0 Å². The summed E-state index contributed by atoms with van der Waals surface area (Å²) in [5, 5.41) is 2.79. The Balaban J connectivity index is 1.85. The van der Waals surface area contributed by atoms with Crippen LogP contribution in [0.15, 0.2) is 53.0 Å². The van der Waals surface area contributed by atoms with Crippen LogP contribution >= 0.6 is 15.9 Å². The van der Waals surface area contributed by atoms with E-state index in [0.717, 1.165) is 15.8 Å². The van der Waals surface area contributed by atoms with Crippen molar-refractivity contribution in [2.24, 2.45) is 0 Å². The number of para-hydroxylation sites is 2. The van der Waals surface area contributed by atoms with Crippen molar-refractivity contribution >= 4 is 33.4 Å². The van der Waals surface area contributed by atoms with Gasteiger partial charge in [-0.25, -0.2) is 0 Å². The van der Waals surface area contributed by atoms with E-state index in [1.54, 1.807) is 20.2 Å². The van der Waals surface area contributed by atoms with Gasteiger partial charge in [-0.15, -0.1) is 0 Å². The second kappa shape index (κ2) is 9.22. The standard InChI is InChI=1S/C19H21BrN2O3/c1-22(13-18(23)21-16-9-5-4-8-15(16)20)19(24)12-11-14-7-3-6-10-17(14)25-2/h3-10H,11-13H2,1-2H3,(H,21,23). The van der Waals surface area contributed by atoms with E-state index in [1.165, 1.54) is 4.90 Å². The normalized spacial score (nSPS) is 10.2. The predicted molar refractivity (Wildman–Crippen MR) is 102 cm³/mol. The summed E-state index contributed by atoms with van der Waals surface area (Å²) in [7, 11) is 3.24. The molecule has 2 amide bonds. The van der Waals surface area contributed by atoms with Crippen LogP contribution in [0, 0.1) is 0 Å². The van der Waals surface area contributed by atoms with Crippen LogP contribution in [0.1, 0.15) is 12.0 Å². The van der Waals surface area contributed by atoms with E-state index in [2.05, 4.69) is 21.2 Å². The largest absolute Gasteiger partial charge is 0.496 e. The second-order valence-electron chi connectivity index (χ2n) is 5.59. The first-order valence-corrected chi connectivity index (χ1v) is 8.71. The number of nitrogens with zero attached hydrogens (tertiary/aromatic N) is 1. The van der Waals surface area contributed by atoms with E-state index in [4.69, 9.17) is 4.74 Å². The molecular weight excluding hydrogens is 384 g/mol. The minimum Gasteiger partial charge on any atom is -0.496 e. The van der Waals surface area contributed by atoms with Crippen LogP contribution in [-0.4, -0.2) is 37.4 Å². The van der Waals surface area contributed by atoms with Crippen molar-refractivity contribution in [2.45, 2.75) is 12.8 Å². The lowest BCUT2D eigenvalue weighted by Gasteiger charge is -2.17. The van der Waals surface area contributed by atoms with Crippen LogP contribution in [0.3, 0.4) is 0 Å². The van der Waals surface area contributed by atoms with Crippen LogP contribution in [0.4, 0.5) is 5.69 Å². The van der Waals surface area contributed by atoms with Gasteiger partial charge in [-0.05, 0) is 46.1 Å². The maximum atomic E-state index is 12.3. The lowest BCUT2D eigenvalue weighted by atomic mass is 10.1. The summed E-state index contributed by atoms with van der Waals surface area (Å²) in [6, 6.07) is 15.0. The molecule has 0 bridgehead atoms. The number of anilines is 1. The number of nitrogens with one attached hydrogen (secondary N) is 1. The lowest BCUT2D eigenvalue weighted by Crippen LogP contribution is -2.35. The maximum Gasteiger partial charge on any atom is 0.244 e. The Morgan fingerprint density at radius 2 is 1.80 bits per heavy atom. The molecule has 2 rings (SSSR count). The molecule has 0 aliphatic rings. The number of ether oxygens (including phenoxy) is 1. The molecule has 0 saturated carbocycles. The zero-order valence-electron chi connectivity index (χ0n) is 14.3. The highest BCUT2D eigenvalue weighted by atomic mass is 79.9. The van der Waals surface area contributed by atoms with Crippen LogP contribution < -0.4 is 10.1 Å². The minimum atomic E-state index is -0.236. The lowest BCUT2D eigenvalue weighted by molar-refractivity contribution is -0.133. The van der Waals surface area contributed by atoms with Crippen molar-refractivity contribution in [3.63, 3.8) is 0 Å². The molecule has 5 nitrogen and oxygen atoms in total. The van der Waals surface area contributed by atoms with Crippen molar-refractivity contribution in [1.82, 2.24) is 4.90 Å². The Morgan fingerprint density at radius 1 is 1.12 bits per heavy atom. The van der Waals surface area contributed by atoms with E-state index >= 15 is 0 Å². The Labute approximate surface area is 156 Å². The molecule has 0 aromatic heterocycles. The van der Waals surface area contributed by atoms with Gasteiger partial charge in [-0.3, -0.25) is 9.59 Å². The first-order chi connectivity index (χ1) is 12.0. The number of halogens is 1. The van der Waals surface area contributed by atoms with E-state index in [-0.39, 0.29) is 18.4 Å². The summed E-state index contributed by atoms with van der Waals surface area (Å²) in [5.41, 5.74) is 1.66. The average molecular weight is 405 g/mol. The number of likely N-dealkylation sites (N-methyl/N-ethyl adjacent to an activating group) is 1. The number of amides is 2.